The second-order valence-corrected chi connectivity index (χ2v) is 4.03. The highest BCUT2D eigenvalue weighted by Gasteiger charge is 2.09. The van der Waals surface area contributed by atoms with Crippen LogP contribution in [-0.4, -0.2) is 17.1 Å². The molecule has 0 N–H and O–H groups in total. The molecular weight excluding hydrogens is 267 g/mol. The summed E-state index contributed by atoms with van der Waals surface area (Å²) in [5, 5.41) is 0.454. The minimum absolute atomic E-state index is 0.393. The van der Waals surface area contributed by atoms with Crippen molar-refractivity contribution in [1.29, 1.82) is 0 Å². The quantitative estimate of drug-likeness (QED) is 0.795. The summed E-state index contributed by atoms with van der Waals surface area (Å²) < 4.78 is 5.75. The van der Waals surface area contributed by atoms with Gasteiger partial charge in [0, 0.05) is 7.11 Å². The number of methoxy groups -OCH3 is 1. The second kappa shape index (κ2) is 5.63. The minimum atomic E-state index is 0.393. The van der Waals surface area contributed by atoms with Gasteiger partial charge in [-0.3, -0.25) is 0 Å². The van der Waals surface area contributed by atoms with E-state index in [-0.39, 0.29) is 0 Å². The maximum Gasteiger partial charge on any atom is 0.156 e. The maximum absolute atomic E-state index is 5.94. The van der Waals surface area contributed by atoms with Crippen LogP contribution in [-0.2, 0) is 17.8 Å². The summed E-state index contributed by atoms with van der Waals surface area (Å²) in [6.45, 7) is 2.49. The fourth-order valence-corrected chi connectivity index (χ4v) is 1.69. The fraction of sp³-hybridized carbons (Fsp3) is 0.556. The van der Waals surface area contributed by atoms with Crippen molar-refractivity contribution in [2.24, 2.45) is 0 Å². The first kappa shape index (κ1) is 11.9. The summed E-state index contributed by atoms with van der Waals surface area (Å²) in [7, 11) is 1.61. The molecule has 0 unspecified atom stereocenters. The molecular formula is C9H12BrClN2O. The van der Waals surface area contributed by atoms with Crippen molar-refractivity contribution >= 4 is 27.5 Å². The van der Waals surface area contributed by atoms with Gasteiger partial charge in [-0.15, -0.1) is 0 Å². The van der Waals surface area contributed by atoms with E-state index in [1.165, 1.54) is 0 Å². The third-order valence-corrected chi connectivity index (χ3v) is 3.02. The number of halogens is 2. The van der Waals surface area contributed by atoms with E-state index < -0.39 is 0 Å². The molecule has 0 saturated carbocycles. The molecule has 0 aliphatic rings. The van der Waals surface area contributed by atoms with Gasteiger partial charge in [-0.25, -0.2) is 9.97 Å². The summed E-state index contributed by atoms with van der Waals surface area (Å²) in [6, 6.07) is 0. The molecule has 0 saturated heterocycles. The Hall–Kier alpha value is -0.190. The Labute approximate surface area is 97.0 Å². The third kappa shape index (κ3) is 2.90. The van der Waals surface area contributed by atoms with Crippen LogP contribution in [0.25, 0.3) is 0 Å². The number of aryl methyl sites for hydroxylation is 1. The molecule has 0 aromatic carbocycles. The highest BCUT2D eigenvalue weighted by atomic mass is 79.9. The molecule has 1 heterocycles. The first-order chi connectivity index (χ1) is 6.69. The Kier molecular flexibility index (Phi) is 4.78. The Balaban J connectivity index is 3.01. The molecule has 0 amide bonds. The van der Waals surface area contributed by atoms with Crippen molar-refractivity contribution in [2.75, 3.05) is 7.11 Å². The predicted molar refractivity (Wildman–Crippen MR) is 59.5 cm³/mol. The Bertz CT molecular complexity index is 320. The highest BCUT2D eigenvalue weighted by Crippen LogP contribution is 2.24. The van der Waals surface area contributed by atoms with Crippen molar-refractivity contribution < 1.29 is 4.74 Å². The molecule has 0 aliphatic carbocycles. The smallest absolute Gasteiger partial charge is 0.156 e. The van der Waals surface area contributed by atoms with E-state index in [9.17, 15) is 0 Å². The lowest BCUT2D eigenvalue weighted by Crippen LogP contribution is -2.02. The van der Waals surface area contributed by atoms with Gasteiger partial charge in [-0.2, -0.15) is 0 Å². The Morgan fingerprint density at radius 3 is 2.71 bits per heavy atom. The van der Waals surface area contributed by atoms with Gasteiger partial charge < -0.3 is 4.74 Å². The standard InChI is InChI=1S/C9H12BrClN2O/c1-3-4-6-8(10)9(11)13-7(12-6)5-14-2/h3-5H2,1-2H3. The Morgan fingerprint density at radius 2 is 2.14 bits per heavy atom. The predicted octanol–water partition coefficient (Wildman–Crippen LogP) is 2.99. The van der Waals surface area contributed by atoms with Gasteiger partial charge >= 0.3 is 0 Å². The molecule has 0 aliphatic heterocycles. The maximum atomic E-state index is 5.94. The average Bonchev–Trinajstić information content (AvgIpc) is 2.14. The summed E-state index contributed by atoms with van der Waals surface area (Å²) in [6.07, 6.45) is 1.91. The van der Waals surface area contributed by atoms with Crippen LogP contribution in [0.1, 0.15) is 24.9 Å². The van der Waals surface area contributed by atoms with Crippen molar-refractivity contribution in [3.63, 3.8) is 0 Å². The van der Waals surface area contributed by atoms with Crippen molar-refractivity contribution in [2.45, 2.75) is 26.4 Å². The molecule has 0 radical (unpaired) electrons. The van der Waals surface area contributed by atoms with Crippen molar-refractivity contribution in [3.05, 3.63) is 21.1 Å². The normalized spacial score (nSPS) is 10.6. The van der Waals surface area contributed by atoms with Gasteiger partial charge in [0.05, 0.1) is 10.2 Å². The number of aromatic nitrogens is 2. The Morgan fingerprint density at radius 1 is 1.43 bits per heavy atom. The lowest BCUT2D eigenvalue weighted by molar-refractivity contribution is 0.177. The van der Waals surface area contributed by atoms with E-state index in [0.29, 0.717) is 17.6 Å². The van der Waals surface area contributed by atoms with Gasteiger partial charge in [0.25, 0.3) is 0 Å². The monoisotopic (exact) mass is 278 g/mol. The first-order valence-electron chi connectivity index (χ1n) is 4.38. The van der Waals surface area contributed by atoms with Crippen LogP contribution < -0.4 is 0 Å². The van der Waals surface area contributed by atoms with Crippen LogP contribution in [0.4, 0.5) is 0 Å². The van der Waals surface area contributed by atoms with Crippen LogP contribution in [0.3, 0.4) is 0 Å². The van der Waals surface area contributed by atoms with Gasteiger partial charge in [0.1, 0.15) is 11.8 Å². The van der Waals surface area contributed by atoms with Crippen molar-refractivity contribution in [1.82, 2.24) is 9.97 Å². The van der Waals surface area contributed by atoms with Gasteiger partial charge in [0.15, 0.2) is 5.82 Å². The van der Waals surface area contributed by atoms with E-state index in [2.05, 4.69) is 32.8 Å². The van der Waals surface area contributed by atoms with E-state index in [4.69, 9.17) is 16.3 Å². The van der Waals surface area contributed by atoms with Gasteiger partial charge in [0.2, 0.25) is 0 Å². The largest absolute Gasteiger partial charge is 0.377 e. The highest BCUT2D eigenvalue weighted by molar-refractivity contribution is 9.10. The SMILES string of the molecule is CCCc1nc(COC)nc(Cl)c1Br. The fourth-order valence-electron chi connectivity index (χ4n) is 1.11. The van der Waals surface area contributed by atoms with Crippen molar-refractivity contribution in [3.8, 4) is 0 Å². The zero-order valence-electron chi connectivity index (χ0n) is 8.18. The zero-order chi connectivity index (χ0) is 10.6. The number of nitrogens with zero attached hydrogens (tertiary/aromatic N) is 2. The molecule has 78 valence electrons. The van der Waals surface area contributed by atoms with Crippen LogP contribution in [0.2, 0.25) is 5.15 Å². The van der Waals surface area contributed by atoms with Crippen LogP contribution in [0.15, 0.2) is 4.47 Å². The number of hydrogen-bond donors (Lipinski definition) is 0. The third-order valence-electron chi connectivity index (χ3n) is 1.69. The lowest BCUT2D eigenvalue weighted by Gasteiger charge is -2.06. The summed E-state index contributed by atoms with van der Waals surface area (Å²) in [4.78, 5) is 8.43. The van der Waals surface area contributed by atoms with E-state index in [1.807, 2.05) is 0 Å². The van der Waals surface area contributed by atoms with E-state index >= 15 is 0 Å². The number of hydrogen-bond acceptors (Lipinski definition) is 3. The van der Waals surface area contributed by atoms with E-state index in [0.717, 1.165) is 23.0 Å². The first-order valence-corrected chi connectivity index (χ1v) is 5.55. The molecule has 0 spiro atoms. The molecule has 5 heteroatoms. The number of rotatable bonds is 4. The molecule has 3 nitrogen and oxygen atoms in total. The molecule has 1 aromatic rings. The summed E-state index contributed by atoms with van der Waals surface area (Å²) in [5.74, 6) is 0.629. The van der Waals surface area contributed by atoms with Crippen LogP contribution >= 0.6 is 27.5 Å². The van der Waals surface area contributed by atoms with E-state index in [1.54, 1.807) is 7.11 Å². The lowest BCUT2D eigenvalue weighted by atomic mass is 10.2. The van der Waals surface area contributed by atoms with Crippen LogP contribution in [0.5, 0.6) is 0 Å². The second-order valence-electron chi connectivity index (χ2n) is 2.87. The average molecular weight is 280 g/mol. The summed E-state index contributed by atoms with van der Waals surface area (Å²) >= 11 is 9.31. The molecule has 1 rings (SSSR count). The molecule has 14 heavy (non-hydrogen) atoms. The van der Waals surface area contributed by atoms with Gasteiger partial charge in [-0.1, -0.05) is 24.9 Å². The number of ether oxygens (including phenoxy) is 1. The molecule has 0 fully saturated rings. The molecule has 0 atom stereocenters. The van der Waals surface area contributed by atoms with Gasteiger partial charge in [-0.05, 0) is 22.4 Å². The molecule has 0 bridgehead atoms. The zero-order valence-corrected chi connectivity index (χ0v) is 10.5. The molecule has 1 aromatic heterocycles. The van der Waals surface area contributed by atoms with Crippen LogP contribution in [0, 0.1) is 0 Å². The topological polar surface area (TPSA) is 35.0 Å². The minimum Gasteiger partial charge on any atom is -0.377 e. The summed E-state index contributed by atoms with van der Waals surface area (Å²) in [5.41, 5.74) is 0.944.